The maximum absolute atomic E-state index is 13.3. The standard InChI is InChI=1S/C11H8Cl2FNO3/c1-18-11(17)6(4-15)10(16)5-2-9(14)8(13)3-7(5)12/h2-4,15-16H,1H3. The first-order valence-corrected chi connectivity index (χ1v) is 5.35. The van der Waals surface area contributed by atoms with Gasteiger partial charge >= 0.3 is 5.97 Å². The third kappa shape index (κ3) is 2.80. The molecule has 0 spiro atoms. The molecular weight excluding hydrogens is 284 g/mol. The molecule has 0 bridgehead atoms. The van der Waals surface area contributed by atoms with Crippen molar-refractivity contribution in [2.75, 3.05) is 7.11 Å². The third-order valence-electron chi connectivity index (χ3n) is 2.07. The number of ether oxygens (including phenoxy) is 1. The second-order valence-corrected chi connectivity index (χ2v) is 3.96. The fourth-order valence-corrected chi connectivity index (χ4v) is 1.66. The third-order valence-corrected chi connectivity index (χ3v) is 2.67. The van der Waals surface area contributed by atoms with E-state index in [2.05, 4.69) is 4.74 Å². The van der Waals surface area contributed by atoms with E-state index in [0.29, 0.717) is 6.21 Å². The normalized spacial score (nSPS) is 11.8. The Morgan fingerprint density at radius 3 is 2.56 bits per heavy atom. The summed E-state index contributed by atoms with van der Waals surface area (Å²) in [6, 6.07) is 1.95. The number of carbonyl (C=O) groups is 1. The molecule has 0 aliphatic carbocycles. The SMILES string of the molecule is COC(=O)C(C=N)=C(O)c1cc(F)c(Cl)cc1Cl. The summed E-state index contributed by atoms with van der Waals surface area (Å²) in [7, 11) is 1.09. The summed E-state index contributed by atoms with van der Waals surface area (Å²) in [6.07, 6.45) is 0.587. The molecule has 0 saturated heterocycles. The number of hydrogen-bond donors (Lipinski definition) is 2. The van der Waals surface area contributed by atoms with Crippen LogP contribution in [0.25, 0.3) is 5.76 Å². The number of methoxy groups -OCH3 is 1. The number of hydrogen-bond acceptors (Lipinski definition) is 4. The number of aliphatic hydroxyl groups excluding tert-OH is 1. The minimum Gasteiger partial charge on any atom is -0.506 e. The fraction of sp³-hybridized carbons (Fsp3) is 0.0909. The largest absolute Gasteiger partial charge is 0.506 e. The lowest BCUT2D eigenvalue weighted by atomic mass is 10.1. The Hall–Kier alpha value is -1.59. The van der Waals surface area contributed by atoms with Crippen LogP contribution in [0.15, 0.2) is 17.7 Å². The van der Waals surface area contributed by atoms with Gasteiger partial charge < -0.3 is 15.3 Å². The zero-order valence-corrected chi connectivity index (χ0v) is 10.6. The Labute approximate surface area is 112 Å². The summed E-state index contributed by atoms with van der Waals surface area (Å²) in [6.45, 7) is 0. The van der Waals surface area contributed by atoms with E-state index in [1.165, 1.54) is 0 Å². The van der Waals surface area contributed by atoms with Crippen molar-refractivity contribution in [3.05, 3.63) is 39.1 Å². The molecule has 0 aliphatic heterocycles. The van der Waals surface area contributed by atoms with Gasteiger partial charge in [-0.15, -0.1) is 0 Å². The van der Waals surface area contributed by atoms with Gasteiger partial charge in [0.25, 0.3) is 0 Å². The van der Waals surface area contributed by atoms with Crippen LogP contribution in [0.2, 0.25) is 10.0 Å². The van der Waals surface area contributed by atoms with E-state index in [9.17, 15) is 14.3 Å². The average Bonchev–Trinajstić information content (AvgIpc) is 2.34. The van der Waals surface area contributed by atoms with Crippen molar-refractivity contribution in [2.24, 2.45) is 0 Å². The second kappa shape index (κ2) is 5.84. The van der Waals surface area contributed by atoms with Crippen LogP contribution in [-0.4, -0.2) is 24.4 Å². The highest BCUT2D eigenvalue weighted by atomic mass is 35.5. The van der Waals surface area contributed by atoms with Crippen molar-refractivity contribution >= 4 is 41.1 Å². The molecule has 0 fully saturated rings. The molecule has 18 heavy (non-hydrogen) atoms. The van der Waals surface area contributed by atoms with Crippen LogP contribution in [0, 0.1) is 11.2 Å². The van der Waals surface area contributed by atoms with E-state index in [-0.39, 0.29) is 15.6 Å². The Morgan fingerprint density at radius 1 is 1.44 bits per heavy atom. The predicted octanol–water partition coefficient (Wildman–Crippen LogP) is 3.22. The second-order valence-electron chi connectivity index (χ2n) is 3.14. The fourth-order valence-electron chi connectivity index (χ4n) is 1.18. The Bertz CT molecular complexity index is 543. The predicted molar refractivity (Wildman–Crippen MR) is 66.8 cm³/mol. The highest BCUT2D eigenvalue weighted by Crippen LogP contribution is 2.29. The molecular formula is C11H8Cl2FNO3. The molecule has 0 saturated carbocycles. The van der Waals surface area contributed by atoms with E-state index in [1.54, 1.807) is 0 Å². The van der Waals surface area contributed by atoms with Gasteiger partial charge in [0.1, 0.15) is 17.1 Å². The van der Waals surface area contributed by atoms with Gasteiger partial charge in [0.2, 0.25) is 0 Å². The van der Waals surface area contributed by atoms with Gasteiger partial charge in [-0.3, -0.25) is 0 Å². The lowest BCUT2D eigenvalue weighted by molar-refractivity contribution is -0.135. The molecule has 1 aromatic rings. The molecule has 96 valence electrons. The molecule has 0 amide bonds. The highest BCUT2D eigenvalue weighted by molar-refractivity contribution is 6.36. The van der Waals surface area contributed by atoms with Gasteiger partial charge in [-0.2, -0.15) is 0 Å². The molecule has 0 aromatic heterocycles. The maximum Gasteiger partial charge on any atom is 0.343 e. The Kier molecular flexibility index (Phi) is 4.69. The summed E-state index contributed by atoms with van der Waals surface area (Å²) in [5, 5.41) is 16.6. The van der Waals surface area contributed by atoms with Crippen LogP contribution in [0.4, 0.5) is 4.39 Å². The van der Waals surface area contributed by atoms with E-state index < -0.39 is 23.1 Å². The zero-order valence-electron chi connectivity index (χ0n) is 9.13. The van der Waals surface area contributed by atoms with Crippen LogP contribution >= 0.6 is 23.2 Å². The first kappa shape index (κ1) is 14.5. The van der Waals surface area contributed by atoms with Gasteiger partial charge in [0.15, 0.2) is 0 Å². The number of esters is 1. The highest BCUT2D eigenvalue weighted by Gasteiger charge is 2.18. The Morgan fingerprint density at radius 2 is 2.06 bits per heavy atom. The summed E-state index contributed by atoms with van der Waals surface area (Å²) < 4.78 is 17.6. The van der Waals surface area contributed by atoms with E-state index in [0.717, 1.165) is 19.2 Å². The number of benzene rings is 1. The molecule has 2 N–H and O–H groups in total. The monoisotopic (exact) mass is 291 g/mol. The van der Waals surface area contributed by atoms with Crippen LogP contribution < -0.4 is 0 Å². The van der Waals surface area contributed by atoms with Crippen LogP contribution in [0.3, 0.4) is 0 Å². The lowest BCUT2D eigenvalue weighted by Crippen LogP contribution is -2.09. The first-order chi connectivity index (χ1) is 8.42. The lowest BCUT2D eigenvalue weighted by Gasteiger charge is -2.08. The smallest absolute Gasteiger partial charge is 0.343 e. The summed E-state index contributed by atoms with van der Waals surface area (Å²) in [4.78, 5) is 11.3. The van der Waals surface area contributed by atoms with Crippen molar-refractivity contribution < 1.29 is 19.0 Å². The number of nitrogens with one attached hydrogen (secondary N) is 1. The first-order valence-electron chi connectivity index (χ1n) is 4.59. The van der Waals surface area contributed by atoms with Crippen molar-refractivity contribution in [1.29, 1.82) is 5.41 Å². The summed E-state index contributed by atoms with van der Waals surface area (Å²) >= 11 is 11.3. The molecule has 1 aromatic carbocycles. The number of halogens is 3. The average molecular weight is 292 g/mol. The molecule has 0 radical (unpaired) electrons. The van der Waals surface area contributed by atoms with Gasteiger partial charge in [0.05, 0.1) is 17.2 Å². The molecule has 4 nitrogen and oxygen atoms in total. The van der Waals surface area contributed by atoms with Crippen LogP contribution in [0.1, 0.15) is 5.56 Å². The molecule has 0 heterocycles. The van der Waals surface area contributed by atoms with E-state index >= 15 is 0 Å². The molecule has 0 atom stereocenters. The minimum atomic E-state index is -0.936. The van der Waals surface area contributed by atoms with Crippen LogP contribution in [-0.2, 0) is 9.53 Å². The number of rotatable bonds is 3. The Balaban J connectivity index is 3.45. The molecule has 0 aliphatic rings. The quantitative estimate of drug-likeness (QED) is 0.295. The van der Waals surface area contributed by atoms with Gasteiger partial charge in [0, 0.05) is 11.8 Å². The van der Waals surface area contributed by atoms with Gasteiger partial charge in [-0.05, 0) is 12.1 Å². The summed E-state index contributed by atoms with van der Waals surface area (Å²) in [5.74, 6) is -2.40. The van der Waals surface area contributed by atoms with E-state index in [4.69, 9.17) is 28.6 Å². The van der Waals surface area contributed by atoms with Crippen molar-refractivity contribution in [1.82, 2.24) is 0 Å². The topological polar surface area (TPSA) is 70.4 Å². The number of aliphatic hydroxyl groups is 1. The minimum absolute atomic E-state index is 0.0536. The van der Waals surface area contributed by atoms with Crippen molar-refractivity contribution in [3.63, 3.8) is 0 Å². The molecule has 7 heteroatoms. The van der Waals surface area contributed by atoms with Gasteiger partial charge in [-0.25, -0.2) is 9.18 Å². The molecule has 0 unspecified atom stereocenters. The van der Waals surface area contributed by atoms with Crippen molar-refractivity contribution in [2.45, 2.75) is 0 Å². The van der Waals surface area contributed by atoms with E-state index in [1.807, 2.05) is 0 Å². The maximum atomic E-state index is 13.3. The number of carbonyl (C=O) groups excluding carboxylic acids is 1. The van der Waals surface area contributed by atoms with Gasteiger partial charge in [-0.1, -0.05) is 23.2 Å². The zero-order chi connectivity index (χ0) is 13.9. The van der Waals surface area contributed by atoms with Crippen molar-refractivity contribution in [3.8, 4) is 0 Å². The summed E-state index contributed by atoms with van der Waals surface area (Å²) in [5.41, 5.74) is -0.594. The molecule has 1 rings (SSSR count). The van der Waals surface area contributed by atoms with Crippen LogP contribution in [0.5, 0.6) is 0 Å².